The van der Waals surface area contributed by atoms with E-state index in [1.807, 2.05) is 48.5 Å². The summed E-state index contributed by atoms with van der Waals surface area (Å²) in [5.41, 5.74) is 2.21. The number of aromatic nitrogens is 2. The monoisotopic (exact) mass is 446 g/mol. The van der Waals surface area contributed by atoms with Gasteiger partial charge in [0.15, 0.2) is 0 Å². The summed E-state index contributed by atoms with van der Waals surface area (Å²) < 4.78 is 2.47. The van der Waals surface area contributed by atoms with Gasteiger partial charge in [-0.3, -0.25) is 18.7 Å². The molecule has 0 radical (unpaired) electrons. The van der Waals surface area contributed by atoms with E-state index in [9.17, 15) is 14.4 Å². The lowest BCUT2D eigenvalue weighted by atomic mass is 10.1. The van der Waals surface area contributed by atoms with E-state index in [1.165, 1.54) is 36.1 Å². The van der Waals surface area contributed by atoms with Gasteiger partial charge < -0.3 is 9.80 Å². The van der Waals surface area contributed by atoms with Gasteiger partial charge in [0.25, 0.3) is 5.56 Å². The van der Waals surface area contributed by atoms with Crippen LogP contribution in [0.1, 0.15) is 30.4 Å². The molecule has 1 aliphatic rings. The zero-order chi connectivity index (χ0) is 23.2. The molecular formula is C26H30N4O3. The molecule has 0 unspecified atom stereocenters. The molecule has 0 bridgehead atoms. The summed E-state index contributed by atoms with van der Waals surface area (Å²) in [6.45, 7) is 2.53. The topological polar surface area (TPSA) is 67.5 Å². The molecule has 0 N–H and O–H groups in total. The summed E-state index contributed by atoms with van der Waals surface area (Å²) in [6, 6.07) is 19.0. The molecule has 2 aromatic carbocycles. The first-order valence-electron chi connectivity index (χ1n) is 11.4. The van der Waals surface area contributed by atoms with E-state index in [0.29, 0.717) is 13.1 Å². The summed E-state index contributed by atoms with van der Waals surface area (Å²) >= 11 is 0. The Balaban J connectivity index is 1.49. The summed E-state index contributed by atoms with van der Waals surface area (Å²) in [7, 11) is 1.71. The van der Waals surface area contributed by atoms with Crippen LogP contribution in [-0.2, 0) is 24.4 Å². The standard InChI is InChI=1S/C26H30N4O3/c1-27(19-22-12-6-7-13-23(22)28-15-8-3-9-16-28)25(32)20-30-24(31)14-17-29(26(30)33)18-21-10-4-2-5-11-21/h2,4-7,10-14,17H,3,8-9,15-16,18-20H2,1H3. The van der Waals surface area contributed by atoms with Crippen molar-refractivity contribution in [3.8, 4) is 0 Å². The number of benzene rings is 2. The number of carbonyl (C=O) groups excluding carboxylic acids is 1. The van der Waals surface area contributed by atoms with Crippen LogP contribution in [0, 0.1) is 0 Å². The molecule has 4 rings (SSSR count). The lowest BCUT2D eigenvalue weighted by Gasteiger charge is -2.31. The van der Waals surface area contributed by atoms with E-state index < -0.39 is 11.2 Å². The van der Waals surface area contributed by atoms with Crippen LogP contribution in [0.2, 0.25) is 0 Å². The van der Waals surface area contributed by atoms with Gasteiger partial charge in [0.05, 0.1) is 6.54 Å². The summed E-state index contributed by atoms with van der Waals surface area (Å²) in [6.07, 6.45) is 5.09. The van der Waals surface area contributed by atoms with Crippen molar-refractivity contribution in [2.75, 3.05) is 25.0 Å². The maximum absolute atomic E-state index is 13.0. The van der Waals surface area contributed by atoms with E-state index in [1.54, 1.807) is 11.9 Å². The number of piperidine rings is 1. The number of para-hydroxylation sites is 1. The van der Waals surface area contributed by atoms with Crippen LogP contribution >= 0.6 is 0 Å². The van der Waals surface area contributed by atoms with Crippen molar-refractivity contribution >= 4 is 11.6 Å². The molecule has 0 atom stereocenters. The van der Waals surface area contributed by atoms with Crippen LogP contribution in [0.15, 0.2) is 76.4 Å². The van der Waals surface area contributed by atoms with Crippen molar-refractivity contribution in [1.29, 1.82) is 0 Å². The number of nitrogens with zero attached hydrogens (tertiary/aromatic N) is 4. The zero-order valence-corrected chi connectivity index (χ0v) is 19.0. The number of carbonyl (C=O) groups is 1. The van der Waals surface area contributed by atoms with Gasteiger partial charge in [-0.1, -0.05) is 48.5 Å². The Morgan fingerprint density at radius 1 is 0.909 bits per heavy atom. The molecule has 1 aromatic heterocycles. The molecule has 7 heteroatoms. The Hall–Kier alpha value is -3.61. The van der Waals surface area contributed by atoms with Crippen molar-refractivity contribution in [2.45, 2.75) is 38.9 Å². The number of anilines is 1. The summed E-state index contributed by atoms with van der Waals surface area (Å²) in [5.74, 6) is -0.278. The molecule has 1 aliphatic heterocycles. The van der Waals surface area contributed by atoms with Crippen molar-refractivity contribution in [1.82, 2.24) is 14.0 Å². The largest absolute Gasteiger partial charge is 0.371 e. The van der Waals surface area contributed by atoms with Gasteiger partial charge in [-0.25, -0.2) is 4.79 Å². The Bertz CT molecular complexity index is 1210. The Morgan fingerprint density at radius 2 is 1.61 bits per heavy atom. The fraction of sp³-hybridized carbons (Fsp3) is 0.346. The van der Waals surface area contributed by atoms with E-state index in [0.717, 1.165) is 34.5 Å². The summed E-state index contributed by atoms with van der Waals surface area (Å²) in [5, 5.41) is 0. The molecule has 0 aliphatic carbocycles. The minimum Gasteiger partial charge on any atom is -0.371 e. The van der Waals surface area contributed by atoms with Gasteiger partial charge >= 0.3 is 5.69 Å². The maximum atomic E-state index is 13.0. The van der Waals surface area contributed by atoms with Gasteiger partial charge in [0.2, 0.25) is 5.91 Å². The Morgan fingerprint density at radius 3 is 2.36 bits per heavy atom. The second-order valence-corrected chi connectivity index (χ2v) is 8.56. The van der Waals surface area contributed by atoms with Crippen LogP contribution in [-0.4, -0.2) is 40.1 Å². The molecule has 7 nitrogen and oxygen atoms in total. The lowest BCUT2D eigenvalue weighted by molar-refractivity contribution is -0.131. The molecule has 0 spiro atoms. The average molecular weight is 447 g/mol. The van der Waals surface area contributed by atoms with Gasteiger partial charge in [0, 0.05) is 44.6 Å². The minimum absolute atomic E-state index is 0.278. The second-order valence-electron chi connectivity index (χ2n) is 8.56. The molecular weight excluding hydrogens is 416 g/mol. The number of hydrogen-bond donors (Lipinski definition) is 0. The molecule has 1 amide bonds. The highest BCUT2D eigenvalue weighted by Crippen LogP contribution is 2.25. The molecule has 1 saturated heterocycles. The SMILES string of the molecule is CN(Cc1ccccc1N1CCCCC1)C(=O)Cn1c(=O)ccn(Cc2ccccc2)c1=O. The highest BCUT2D eigenvalue weighted by molar-refractivity contribution is 5.76. The first kappa shape index (κ1) is 22.6. The van der Waals surface area contributed by atoms with Crippen LogP contribution in [0.4, 0.5) is 5.69 Å². The van der Waals surface area contributed by atoms with Crippen molar-refractivity contribution in [3.05, 3.63) is 98.8 Å². The number of likely N-dealkylation sites (N-methyl/N-ethyl adjacent to an activating group) is 1. The first-order chi connectivity index (χ1) is 16.0. The highest BCUT2D eigenvalue weighted by atomic mass is 16.2. The van der Waals surface area contributed by atoms with Crippen molar-refractivity contribution in [2.24, 2.45) is 0 Å². The maximum Gasteiger partial charge on any atom is 0.331 e. The normalized spacial score (nSPS) is 13.7. The van der Waals surface area contributed by atoms with Crippen LogP contribution in [0.3, 0.4) is 0 Å². The molecule has 172 valence electrons. The van der Waals surface area contributed by atoms with E-state index >= 15 is 0 Å². The predicted octanol–water partition coefficient (Wildman–Crippen LogP) is 2.71. The molecule has 33 heavy (non-hydrogen) atoms. The van der Waals surface area contributed by atoms with E-state index in [2.05, 4.69) is 11.0 Å². The third-order valence-corrected chi connectivity index (χ3v) is 6.15. The van der Waals surface area contributed by atoms with E-state index in [4.69, 9.17) is 0 Å². The van der Waals surface area contributed by atoms with E-state index in [-0.39, 0.29) is 12.5 Å². The van der Waals surface area contributed by atoms with Gasteiger partial charge in [-0.2, -0.15) is 0 Å². The van der Waals surface area contributed by atoms with Crippen LogP contribution in [0.25, 0.3) is 0 Å². The smallest absolute Gasteiger partial charge is 0.331 e. The lowest BCUT2D eigenvalue weighted by Crippen LogP contribution is -2.43. The molecule has 2 heterocycles. The second kappa shape index (κ2) is 10.3. The van der Waals surface area contributed by atoms with Crippen LogP contribution < -0.4 is 16.1 Å². The van der Waals surface area contributed by atoms with Gasteiger partial charge in [-0.15, -0.1) is 0 Å². The fourth-order valence-electron chi connectivity index (χ4n) is 4.29. The minimum atomic E-state index is -0.484. The molecule has 3 aromatic rings. The Labute approximate surface area is 193 Å². The quantitative estimate of drug-likeness (QED) is 0.560. The predicted molar refractivity (Wildman–Crippen MR) is 129 cm³/mol. The number of hydrogen-bond acceptors (Lipinski definition) is 4. The van der Waals surface area contributed by atoms with Crippen LogP contribution in [0.5, 0.6) is 0 Å². The molecule has 0 saturated carbocycles. The fourth-order valence-corrected chi connectivity index (χ4v) is 4.29. The van der Waals surface area contributed by atoms with Crippen molar-refractivity contribution < 1.29 is 4.79 Å². The highest BCUT2D eigenvalue weighted by Gasteiger charge is 2.18. The average Bonchev–Trinajstić information content (AvgIpc) is 2.85. The van der Waals surface area contributed by atoms with Gasteiger partial charge in [0.1, 0.15) is 6.54 Å². The number of rotatable bonds is 7. The third kappa shape index (κ3) is 5.42. The third-order valence-electron chi connectivity index (χ3n) is 6.15. The zero-order valence-electron chi connectivity index (χ0n) is 19.0. The first-order valence-corrected chi connectivity index (χ1v) is 11.4. The van der Waals surface area contributed by atoms with Gasteiger partial charge in [-0.05, 0) is 36.5 Å². The number of amides is 1. The Kier molecular flexibility index (Phi) is 7.07. The summed E-state index contributed by atoms with van der Waals surface area (Å²) in [4.78, 5) is 42.3. The van der Waals surface area contributed by atoms with Crippen molar-refractivity contribution in [3.63, 3.8) is 0 Å². The molecule has 1 fully saturated rings.